The first-order valence-electron chi connectivity index (χ1n) is 7.74. The molecule has 0 radical (unpaired) electrons. The van der Waals surface area contributed by atoms with E-state index in [1.165, 1.54) is 0 Å². The first-order valence-corrected chi connectivity index (χ1v) is 7.74. The Morgan fingerprint density at radius 3 is 1.75 bits per heavy atom. The molecule has 3 rings (SSSR count). The summed E-state index contributed by atoms with van der Waals surface area (Å²) in [5.74, 6) is 0. The number of nitrogens with zero attached hydrogens (tertiary/aromatic N) is 2. The lowest BCUT2D eigenvalue weighted by atomic mass is 9.78. The van der Waals surface area contributed by atoms with E-state index in [0.29, 0.717) is 18.2 Å². The third-order valence-electron chi connectivity index (χ3n) is 4.81. The van der Waals surface area contributed by atoms with Gasteiger partial charge in [0, 0.05) is 30.2 Å². The third-order valence-corrected chi connectivity index (χ3v) is 4.81. The van der Waals surface area contributed by atoms with Gasteiger partial charge in [-0.15, -0.1) is 0 Å². The van der Waals surface area contributed by atoms with Crippen LogP contribution in [0, 0.1) is 0 Å². The highest BCUT2D eigenvalue weighted by atomic mass is 16.6. The van der Waals surface area contributed by atoms with Crippen molar-refractivity contribution in [1.82, 2.24) is 9.96 Å². The molecule has 3 aliphatic rings. The first-order chi connectivity index (χ1) is 9.28. The zero-order valence-electron chi connectivity index (χ0n) is 13.1. The van der Waals surface area contributed by atoms with Crippen molar-refractivity contribution >= 4 is 0 Å². The second-order valence-electron chi connectivity index (χ2n) is 7.86. The molecule has 3 saturated heterocycles. The first kappa shape index (κ1) is 14.7. The molecular formula is C15H28N2O3. The van der Waals surface area contributed by atoms with E-state index in [9.17, 15) is 5.21 Å². The third kappa shape index (κ3) is 3.17. The fraction of sp³-hybridized carbons (Fsp3) is 1.00. The van der Waals surface area contributed by atoms with E-state index >= 15 is 0 Å². The quantitative estimate of drug-likeness (QED) is 0.775. The summed E-state index contributed by atoms with van der Waals surface area (Å²) in [7, 11) is 0. The Labute approximate surface area is 121 Å². The van der Waals surface area contributed by atoms with E-state index in [1.54, 1.807) is 5.06 Å². The van der Waals surface area contributed by atoms with Gasteiger partial charge < -0.3 is 14.7 Å². The van der Waals surface area contributed by atoms with E-state index in [1.807, 2.05) is 0 Å². The van der Waals surface area contributed by atoms with Crippen molar-refractivity contribution in [1.29, 1.82) is 0 Å². The molecular weight excluding hydrogens is 256 g/mol. The number of ether oxygens (including phenoxy) is 2. The summed E-state index contributed by atoms with van der Waals surface area (Å²) < 4.78 is 10.8. The molecule has 0 aromatic heterocycles. The number of hydrogen-bond acceptors (Lipinski definition) is 5. The summed E-state index contributed by atoms with van der Waals surface area (Å²) >= 11 is 0. The van der Waals surface area contributed by atoms with Crippen molar-refractivity contribution < 1.29 is 14.7 Å². The predicted octanol–water partition coefficient (Wildman–Crippen LogP) is 1.50. The maximum Gasteiger partial charge on any atom is 0.0936 e. The molecule has 3 fully saturated rings. The lowest BCUT2D eigenvalue weighted by Crippen LogP contribution is -2.63. The topological polar surface area (TPSA) is 51.8 Å². The van der Waals surface area contributed by atoms with Gasteiger partial charge in [-0.1, -0.05) is 0 Å². The highest BCUT2D eigenvalue weighted by molar-refractivity contribution is 5.00. The van der Waals surface area contributed by atoms with E-state index in [4.69, 9.17) is 9.47 Å². The van der Waals surface area contributed by atoms with Crippen molar-refractivity contribution in [2.75, 3.05) is 26.3 Å². The number of piperidine rings is 1. The van der Waals surface area contributed by atoms with E-state index in [0.717, 1.165) is 39.1 Å². The summed E-state index contributed by atoms with van der Waals surface area (Å²) in [5.41, 5.74) is -0.390. The van der Waals surface area contributed by atoms with Gasteiger partial charge >= 0.3 is 0 Å². The van der Waals surface area contributed by atoms with Crippen LogP contribution in [0.3, 0.4) is 0 Å². The highest BCUT2D eigenvalue weighted by Gasteiger charge is 2.47. The lowest BCUT2D eigenvalue weighted by Gasteiger charge is -2.53. The largest absolute Gasteiger partial charge is 0.372 e. The second kappa shape index (κ2) is 4.92. The van der Waals surface area contributed by atoms with Crippen LogP contribution in [-0.4, -0.2) is 70.8 Å². The molecule has 5 heteroatoms. The predicted molar refractivity (Wildman–Crippen MR) is 75.9 cm³/mol. The van der Waals surface area contributed by atoms with Gasteiger partial charge in [0.25, 0.3) is 0 Å². The van der Waals surface area contributed by atoms with E-state index in [-0.39, 0.29) is 11.1 Å². The minimum absolute atomic E-state index is 0.195. The monoisotopic (exact) mass is 284 g/mol. The molecule has 3 aliphatic heterocycles. The van der Waals surface area contributed by atoms with Crippen LogP contribution in [0.2, 0.25) is 0 Å². The zero-order chi connectivity index (χ0) is 14.5. The molecule has 0 bridgehead atoms. The Hall–Kier alpha value is -0.200. The maximum absolute atomic E-state index is 10.4. The molecule has 116 valence electrons. The number of hydrogen-bond donors (Lipinski definition) is 1. The molecule has 2 unspecified atom stereocenters. The van der Waals surface area contributed by atoms with Crippen molar-refractivity contribution in [2.45, 2.75) is 69.9 Å². The molecule has 3 heterocycles. The summed E-state index contributed by atoms with van der Waals surface area (Å²) in [6.45, 7) is 12.3. The van der Waals surface area contributed by atoms with Crippen LogP contribution >= 0.6 is 0 Å². The molecule has 2 atom stereocenters. The molecule has 20 heavy (non-hydrogen) atoms. The van der Waals surface area contributed by atoms with E-state index < -0.39 is 0 Å². The zero-order valence-corrected chi connectivity index (χ0v) is 13.1. The van der Waals surface area contributed by atoms with Gasteiger partial charge in [-0.25, -0.2) is 0 Å². The summed E-state index contributed by atoms with van der Waals surface area (Å²) in [6.07, 6.45) is 2.78. The molecule has 0 aromatic rings. The van der Waals surface area contributed by atoms with Crippen LogP contribution in [0.4, 0.5) is 0 Å². The van der Waals surface area contributed by atoms with Crippen LogP contribution in [0.25, 0.3) is 0 Å². The molecule has 0 amide bonds. The number of hydroxylamine groups is 2. The summed E-state index contributed by atoms with van der Waals surface area (Å²) in [6, 6.07) is 0.483. The van der Waals surface area contributed by atoms with Crippen molar-refractivity contribution in [3.05, 3.63) is 0 Å². The maximum atomic E-state index is 10.4. The smallest absolute Gasteiger partial charge is 0.0936 e. The fourth-order valence-electron chi connectivity index (χ4n) is 3.72. The van der Waals surface area contributed by atoms with E-state index in [2.05, 4.69) is 32.6 Å². The summed E-state index contributed by atoms with van der Waals surface area (Å²) in [5, 5.41) is 12.0. The molecule has 0 aliphatic carbocycles. The van der Waals surface area contributed by atoms with Crippen LogP contribution < -0.4 is 0 Å². The molecule has 0 spiro atoms. The number of rotatable bonds is 5. The molecule has 1 N–H and O–H groups in total. The Bertz CT molecular complexity index is 332. The Balaban J connectivity index is 1.71. The second-order valence-corrected chi connectivity index (χ2v) is 7.86. The Kier molecular flexibility index (Phi) is 3.62. The lowest BCUT2D eigenvalue weighted by molar-refractivity contribution is -0.252. The highest BCUT2D eigenvalue weighted by Crippen LogP contribution is 2.39. The standard InChI is InChI=1S/C15H28N2O3/c1-14(2)5-11(6-15(3,4)17(14)18)16(7-12-9-19-12)8-13-10-20-13/h11-13,18H,5-10H2,1-4H3. The summed E-state index contributed by atoms with van der Waals surface area (Å²) in [4.78, 5) is 2.53. The Morgan fingerprint density at radius 1 is 1.00 bits per heavy atom. The Morgan fingerprint density at radius 2 is 1.40 bits per heavy atom. The number of epoxide rings is 2. The molecule has 5 nitrogen and oxygen atoms in total. The van der Waals surface area contributed by atoms with Gasteiger partial charge in [0.05, 0.1) is 25.4 Å². The van der Waals surface area contributed by atoms with Gasteiger partial charge in [-0.2, -0.15) is 5.06 Å². The molecule has 0 aromatic carbocycles. The average molecular weight is 284 g/mol. The normalized spacial score (nSPS) is 36.3. The van der Waals surface area contributed by atoms with Crippen LogP contribution in [0.5, 0.6) is 0 Å². The van der Waals surface area contributed by atoms with Crippen LogP contribution in [-0.2, 0) is 9.47 Å². The van der Waals surface area contributed by atoms with Crippen molar-refractivity contribution in [3.8, 4) is 0 Å². The fourth-order valence-corrected chi connectivity index (χ4v) is 3.72. The van der Waals surface area contributed by atoms with Gasteiger partial charge in [-0.05, 0) is 40.5 Å². The minimum Gasteiger partial charge on any atom is -0.372 e. The van der Waals surface area contributed by atoms with Gasteiger partial charge in [0.15, 0.2) is 0 Å². The minimum atomic E-state index is -0.195. The SMILES string of the molecule is CC1(C)CC(N(CC2CO2)CC2CO2)CC(C)(C)N1O. The van der Waals surface area contributed by atoms with Crippen LogP contribution in [0.1, 0.15) is 40.5 Å². The van der Waals surface area contributed by atoms with Gasteiger partial charge in [0.1, 0.15) is 0 Å². The van der Waals surface area contributed by atoms with Crippen LogP contribution in [0.15, 0.2) is 0 Å². The average Bonchev–Trinajstić information content (AvgIpc) is 3.18. The van der Waals surface area contributed by atoms with Crippen molar-refractivity contribution in [2.24, 2.45) is 0 Å². The van der Waals surface area contributed by atoms with Gasteiger partial charge in [0.2, 0.25) is 0 Å². The molecule has 0 saturated carbocycles. The van der Waals surface area contributed by atoms with Crippen molar-refractivity contribution in [3.63, 3.8) is 0 Å². The van der Waals surface area contributed by atoms with Gasteiger partial charge in [-0.3, -0.25) is 4.90 Å².